The first-order chi connectivity index (χ1) is 9.69. The van der Waals surface area contributed by atoms with E-state index in [9.17, 15) is 4.79 Å². The second kappa shape index (κ2) is 6.30. The zero-order chi connectivity index (χ0) is 14.4. The molecule has 1 heterocycles. The van der Waals surface area contributed by atoms with Crippen LogP contribution in [-0.2, 0) is 4.79 Å². The first-order valence-electron chi connectivity index (χ1n) is 6.09. The predicted molar refractivity (Wildman–Crippen MR) is 77.6 cm³/mol. The molecule has 0 saturated heterocycles. The van der Waals surface area contributed by atoms with Crippen molar-refractivity contribution in [2.45, 2.75) is 6.92 Å². The van der Waals surface area contributed by atoms with Gasteiger partial charge in [0.25, 0.3) is 5.91 Å². The molecule has 98 valence electrons. The van der Waals surface area contributed by atoms with Gasteiger partial charge >= 0.3 is 0 Å². The molecule has 1 amide bonds. The molecule has 4 nitrogen and oxygen atoms in total. The molecule has 2 rings (SSSR count). The van der Waals surface area contributed by atoms with Crippen molar-refractivity contribution < 1.29 is 4.79 Å². The molecular formula is C16H13N3O. The molecule has 0 aliphatic rings. The molecule has 0 aliphatic heterocycles. The highest BCUT2D eigenvalue weighted by Gasteiger charge is 2.09. The van der Waals surface area contributed by atoms with E-state index in [1.54, 1.807) is 36.7 Å². The molecule has 20 heavy (non-hydrogen) atoms. The summed E-state index contributed by atoms with van der Waals surface area (Å²) in [6, 6.07) is 12.8. The molecule has 1 aromatic carbocycles. The van der Waals surface area contributed by atoms with Crippen molar-refractivity contribution in [3.8, 4) is 6.07 Å². The Hall–Kier alpha value is -2.93. The number of carbonyl (C=O) groups excluding carboxylic acids is 1. The number of nitriles is 1. The van der Waals surface area contributed by atoms with Crippen molar-refractivity contribution >= 4 is 17.7 Å². The number of rotatable bonds is 3. The lowest BCUT2D eigenvalue weighted by Crippen LogP contribution is -2.13. The van der Waals surface area contributed by atoms with E-state index < -0.39 is 5.91 Å². The molecular weight excluding hydrogens is 250 g/mol. The Bertz CT molecular complexity index is 667. The summed E-state index contributed by atoms with van der Waals surface area (Å²) in [5.41, 5.74) is 2.52. The van der Waals surface area contributed by atoms with Crippen molar-refractivity contribution in [2.75, 3.05) is 5.32 Å². The molecule has 0 atom stereocenters. The molecule has 0 bridgehead atoms. The summed E-state index contributed by atoms with van der Waals surface area (Å²) in [7, 11) is 0. The van der Waals surface area contributed by atoms with Gasteiger partial charge in [0.2, 0.25) is 0 Å². The van der Waals surface area contributed by atoms with Crippen LogP contribution in [0.2, 0.25) is 0 Å². The van der Waals surface area contributed by atoms with Gasteiger partial charge in [-0.05, 0) is 36.8 Å². The largest absolute Gasteiger partial charge is 0.321 e. The number of hydrogen-bond acceptors (Lipinski definition) is 3. The topological polar surface area (TPSA) is 65.8 Å². The number of anilines is 1. The molecule has 0 unspecified atom stereocenters. The van der Waals surface area contributed by atoms with E-state index >= 15 is 0 Å². The highest BCUT2D eigenvalue weighted by molar-refractivity contribution is 6.09. The third kappa shape index (κ3) is 3.53. The maximum Gasteiger partial charge on any atom is 0.266 e. The predicted octanol–water partition coefficient (Wildman–Crippen LogP) is 2.94. The zero-order valence-electron chi connectivity index (χ0n) is 11.0. The van der Waals surface area contributed by atoms with E-state index in [0.29, 0.717) is 11.3 Å². The molecule has 1 aromatic heterocycles. The van der Waals surface area contributed by atoms with E-state index in [-0.39, 0.29) is 5.57 Å². The van der Waals surface area contributed by atoms with E-state index in [2.05, 4.69) is 10.3 Å². The molecule has 0 spiro atoms. The minimum absolute atomic E-state index is 0.0403. The Balaban J connectivity index is 2.16. The SMILES string of the molecule is Cc1ccc(NC(=O)/C(C#N)=C/c2cccnc2)cc1. The Morgan fingerprint density at radius 2 is 2.05 bits per heavy atom. The van der Waals surface area contributed by atoms with Crippen LogP contribution < -0.4 is 5.32 Å². The number of carbonyl (C=O) groups is 1. The first kappa shape index (κ1) is 13.5. The zero-order valence-corrected chi connectivity index (χ0v) is 11.0. The van der Waals surface area contributed by atoms with E-state index in [4.69, 9.17) is 5.26 Å². The van der Waals surface area contributed by atoms with Gasteiger partial charge in [0.05, 0.1) is 0 Å². The van der Waals surface area contributed by atoms with Crippen LogP contribution >= 0.6 is 0 Å². The van der Waals surface area contributed by atoms with Gasteiger partial charge in [-0.15, -0.1) is 0 Å². The molecule has 2 aromatic rings. The smallest absolute Gasteiger partial charge is 0.266 e. The lowest BCUT2D eigenvalue weighted by molar-refractivity contribution is -0.112. The number of nitrogens with zero attached hydrogens (tertiary/aromatic N) is 2. The fourth-order valence-electron chi connectivity index (χ4n) is 1.61. The van der Waals surface area contributed by atoms with Crippen LogP contribution in [-0.4, -0.2) is 10.9 Å². The van der Waals surface area contributed by atoms with Crippen molar-refractivity contribution in [2.24, 2.45) is 0 Å². The highest BCUT2D eigenvalue weighted by atomic mass is 16.1. The number of nitrogens with one attached hydrogen (secondary N) is 1. The Labute approximate surface area is 117 Å². The van der Waals surface area contributed by atoms with Crippen molar-refractivity contribution in [1.82, 2.24) is 4.98 Å². The maximum absolute atomic E-state index is 12.0. The number of hydrogen-bond donors (Lipinski definition) is 1. The summed E-state index contributed by atoms with van der Waals surface area (Å²) in [5.74, 6) is -0.430. The van der Waals surface area contributed by atoms with Gasteiger partial charge in [0.15, 0.2) is 0 Å². The van der Waals surface area contributed by atoms with Gasteiger partial charge in [-0.2, -0.15) is 5.26 Å². The van der Waals surface area contributed by atoms with Gasteiger partial charge in [0.1, 0.15) is 11.6 Å². The third-order valence-electron chi connectivity index (χ3n) is 2.67. The Kier molecular flexibility index (Phi) is 4.25. The minimum Gasteiger partial charge on any atom is -0.321 e. The van der Waals surface area contributed by atoms with Crippen molar-refractivity contribution in [3.05, 3.63) is 65.5 Å². The fourth-order valence-corrected chi connectivity index (χ4v) is 1.61. The Morgan fingerprint density at radius 3 is 2.65 bits per heavy atom. The number of amides is 1. The number of pyridine rings is 1. The Morgan fingerprint density at radius 1 is 1.30 bits per heavy atom. The molecule has 1 N–H and O–H groups in total. The minimum atomic E-state index is -0.430. The molecule has 0 aliphatic carbocycles. The summed E-state index contributed by atoms with van der Waals surface area (Å²) in [5, 5.41) is 11.8. The average Bonchev–Trinajstić information content (AvgIpc) is 2.48. The van der Waals surface area contributed by atoms with Crippen LogP contribution in [0, 0.1) is 18.3 Å². The third-order valence-corrected chi connectivity index (χ3v) is 2.67. The standard InChI is InChI=1S/C16H13N3O/c1-12-4-6-15(7-5-12)19-16(20)14(10-17)9-13-3-2-8-18-11-13/h2-9,11H,1H3,(H,19,20)/b14-9+. The van der Waals surface area contributed by atoms with Gasteiger partial charge < -0.3 is 5.32 Å². The summed E-state index contributed by atoms with van der Waals surface area (Å²) in [6.45, 7) is 1.97. The summed E-state index contributed by atoms with van der Waals surface area (Å²) < 4.78 is 0. The van der Waals surface area contributed by atoms with Crippen LogP contribution in [0.15, 0.2) is 54.4 Å². The second-order valence-electron chi connectivity index (χ2n) is 4.28. The number of aryl methyl sites for hydroxylation is 1. The van der Waals surface area contributed by atoms with Crippen LogP contribution in [0.1, 0.15) is 11.1 Å². The van der Waals surface area contributed by atoms with E-state index in [1.165, 1.54) is 6.08 Å². The average molecular weight is 263 g/mol. The van der Waals surface area contributed by atoms with Gasteiger partial charge in [0, 0.05) is 18.1 Å². The lowest BCUT2D eigenvalue weighted by atomic mass is 10.1. The van der Waals surface area contributed by atoms with Crippen LogP contribution in [0.5, 0.6) is 0 Å². The number of benzene rings is 1. The van der Waals surface area contributed by atoms with Gasteiger partial charge in [-0.1, -0.05) is 23.8 Å². The van der Waals surface area contributed by atoms with Crippen LogP contribution in [0.4, 0.5) is 5.69 Å². The van der Waals surface area contributed by atoms with E-state index in [1.807, 2.05) is 25.1 Å². The maximum atomic E-state index is 12.0. The van der Waals surface area contributed by atoms with E-state index in [0.717, 1.165) is 5.56 Å². The molecule has 0 radical (unpaired) electrons. The van der Waals surface area contributed by atoms with Crippen LogP contribution in [0.25, 0.3) is 6.08 Å². The van der Waals surface area contributed by atoms with Gasteiger partial charge in [-0.25, -0.2) is 0 Å². The van der Waals surface area contributed by atoms with Crippen molar-refractivity contribution in [1.29, 1.82) is 5.26 Å². The molecule has 4 heteroatoms. The summed E-state index contributed by atoms with van der Waals surface area (Å²) >= 11 is 0. The fraction of sp³-hybridized carbons (Fsp3) is 0.0625. The highest BCUT2D eigenvalue weighted by Crippen LogP contribution is 2.11. The quantitative estimate of drug-likeness (QED) is 0.684. The van der Waals surface area contributed by atoms with Crippen LogP contribution in [0.3, 0.4) is 0 Å². The molecule has 0 fully saturated rings. The normalized spacial score (nSPS) is 10.7. The monoisotopic (exact) mass is 263 g/mol. The van der Waals surface area contributed by atoms with Gasteiger partial charge in [-0.3, -0.25) is 9.78 Å². The summed E-state index contributed by atoms with van der Waals surface area (Å²) in [6.07, 6.45) is 4.74. The second-order valence-corrected chi connectivity index (χ2v) is 4.28. The summed E-state index contributed by atoms with van der Waals surface area (Å²) in [4.78, 5) is 16.0. The number of aromatic nitrogens is 1. The first-order valence-corrected chi connectivity index (χ1v) is 6.09. The van der Waals surface area contributed by atoms with Crippen molar-refractivity contribution in [3.63, 3.8) is 0 Å². The molecule has 0 saturated carbocycles. The lowest BCUT2D eigenvalue weighted by Gasteiger charge is -2.04.